The summed E-state index contributed by atoms with van der Waals surface area (Å²) in [6.45, 7) is 5.17. The standard InChI is InChI=1S/C10H14O2/c1-2-9-3-5-10(6-4-9)11-7-8-12-10/h1,3-8H2. The third-order valence-electron chi connectivity index (χ3n) is 2.68. The van der Waals surface area contributed by atoms with Crippen molar-refractivity contribution in [1.29, 1.82) is 0 Å². The van der Waals surface area contributed by atoms with Gasteiger partial charge in [0.05, 0.1) is 13.2 Å². The lowest BCUT2D eigenvalue weighted by molar-refractivity contribution is -0.171. The maximum Gasteiger partial charge on any atom is 0.169 e. The molecule has 1 heterocycles. The van der Waals surface area contributed by atoms with Gasteiger partial charge in [-0.05, 0) is 18.4 Å². The molecule has 0 radical (unpaired) electrons. The molecule has 0 N–H and O–H groups in total. The minimum absolute atomic E-state index is 0.236. The van der Waals surface area contributed by atoms with E-state index in [1.807, 2.05) is 0 Å². The summed E-state index contributed by atoms with van der Waals surface area (Å²) in [5.74, 6) is -0.236. The van der Waals surface area contributed by atoms with Crippen LogP contribution in [0.3, 0.4) is 0 Å². The fourth-order valence-electron chi connectivity index (χ4n) is 1.90. The fraction of sp³-hybridized carbons (Fsp3) is 0.700. The molecule has 0 amide bonds. The molecule has 2 heteroatoms. The number of hydrogen-bond donors (Lipinski definition) is 0. The van der Waals surface area contributed by atoms with Gasteiger partial charge in [-0.1, -0.05) is 6.58 Å². The van der Waals surface area contributed by atoms with Crippen LogP contribution in [-0.4, -0.2) is 19.0 Å². The molecule has 1 aliphatic carbocycles. The van der Waals surface area contributed by atoms with Gasteiger partial charge < -0.3 is 9.47 Å². The molecule has 0 aromatic heterocycles. The Bertz CT molecular complexity index is 208. The molecule has 1 saturated heterocycles. The predicted octanol–water partition coefficient (Wildman–Crippen LogP) is 2.01. The van der Waals surface area contributed by atoms with E-state index in [0.717, 1.165) is 38.9 Å². The quantitative estimate of drug-likeness (QED) is 0.512. The molecule has 0 aromatic rings. The normalized spacial score (nSPS) is 27.5. The van der Waals surface area contributed by atoms with Gasteiger partial charge in [0.25, 0.3) is 0 Å². The second kappa shape index (κ2) is 3.06. The summed E-state index contributed by atoms with van der Waals surface area (Å²) in [5.41, 5.74) is 4.29. The van der Waals surface area contributed by atoms with Crippen molar-refractivity contribution in [2.75, 3.05) is 13.2 Å². The highest BCUT2D eigenvalue weighted by Crippen LogP contribution is 2.37. The van der Waals surface area contributed by atoms with Crippen LogP contribution in [0.25, 0.3) is 0 Å². The number of rotatable bonds is 0. The molecule has 1 saturated carbocycles. The molecule has 0 aromatic carbocycles. The van der Waals surface area contributed by atoms with Crippen molar-refractivity contribution in [3.63, 3.8) is 0 Å². The van der Waals surface area contributed by atoms with Crippen LogP contribution in [0.5, 0.6) is 0 Å². The zero-order chi connectivity index (χ0) is 8.44. The largest absolute Gasteiger partial charge is 0.348 e. The molecule has 1 spiro atoms. The average molecular weight is 166 g/mol. The predicted molar refractivity (Wildman–Crippen MR) is 45.8 cm³/mol. The maximum atomic E-state index is 5.59. The van der Waals surface area contributed by atoms with Crippen LogP contribution in [0.2, 0.25) is 0 Å². The van der Waals surface area contributed by atoms with Crippen LogP contribution in [-0.2, 0) is 9.47 Å². The maximum absolute atomic E-state index is 5.59. The van der Waals surface area contributed by atoms with Gasteiger partial charge in [0.2, 0.25) is 0 Å². The highest BCUT2D eigenvalue weighted by molar-refractivity contribution is 5.05. The molecule has 2 rings (SSSR count). The summed E-state index contributed by atoms with van der Waals surface area (Å²) in [6, 6.07) is 0. The second-order valence-electron chi connectivity index (χ2n) is 3.39. The number of ether oxygens (including phenoxy) is 2. The Labute approximate surface area is 72.9 Å². The summed E-state index contributed by atoms with van der Waals surface area (Å²) >= 11 is 0. The molecule has 2 fully saturated rings. The third-order valence-corrected chi connectivity index (χ3v) is 2.68. The minimum atomic E-state index is -0.236. The lowest BCUT2D eigenvalue weighted by Crippen LogP contribution is -2.32. The van der Waals surface area contributed by atoms with Crippen molar-refractivity contribution < 1.29 is 9.47 Å². The number of allylic oxidation sites excluding steroid dienone is 1. The third kappa shape index (κ3) is 1.34. The van der Waals surface area contributed by atoms with E-state index < -0.39 is 0 Å². The Morgan fingerprint density at radius 1 is 1.17 bits per heavy atom. The van der Waals surface area contributed by atoms with E-state index in [0.29, 0.717) is 0 Å². The Balaban J connectivity index is 2.01. The van der Waals surface area contributed by atoms with Gasteiger partial charge >= 0.3 is 0 Å². The summed E-state index contributed by atoms with van der Waals surface area (Å²) in [7, 11) is 0. The first kappa shape index (κ1) is 8.06. The lowest BCUT2D eigenvalue weighted by atomic mass is 9.90. The fourth-order valence-corrected chi connectivity index (χ4v) is 1.90. The highest BCUT2D eigenvalue weighted by atomic mass is 16.7. The first-order chi connectivity index (χ1) is 5.85. The van der Waals surface area contributed by atoms with E-state index in [1.165, 1.54) is 5.57 Å². The zero-order valence-electron chi connectivity index (χ0n) is 7.27. The van der Waals surface area contributed by atoms with Crippen LogP contribution < -0.4 is 0 Å². The Hall–Kier alpha value is -0.560. The molecule has 2 nitrogen and oxygen atoms in total. The summed E-state index contributed by atoms with van der Waals surface area (Å²) in [5, 5.41) is 0. The van der Waals surface area contributed by atoms with Crippen molar-refractivity contribution in [3.8, 4) is 0 Å². The lowest BCUT2D eigenvalue weighted by Gasteiger charge is -2.31. The monoisotopic (exact) mass is 166 g/mol. The van der Waals surface area contributed by atoms with Gasteiger partial charge in [-0.25, -0.2) is 0 Å². The smallest absolute Gasteiger partial charge is 0.169 e. The zero-order valence-corrected chi connectivity index (χ0v) is 7.27. The van der Waals surface area contributed by atoms with Crippen LogP contribution in [0.1, 0.15) is 25.7 Å². The van der Waals surface area contributed by atoms with Crippen LogP contribution >= 0.6 is 0 Å². The molecule has 12 heavy (non-hydrogen) atoms. The van der Waals surface area contributed by atoms with E-state index >= 15 is 0 Å². The van der Waals surface area contributed by atoms with Crippen LogP contribution in [0.15, 0.2) is 17.9 Å². The van der Waals surface area contributed by atoms with Crippen molar-refractivity contribution in [3.05, 3.63) is 17.9 Å². The molecule has 0 atom stereocenters. The Morgan fingerprint density at radius 3 is 2.25 bits per heavy atom. The molecular formula is C10H14O2. The molecular weight excluding hydrogens is 152 g/mol. The van der Waals surface area contributed by atoms with Crippen molar-refractivity contribution >= 4 is 0 Å². The summed E-state index contributed by atoms with van der Waals surface area (Å²) < 4.78 is 11.2. The van der Waals surface area contributed by atoms with Crippen molar-refractivity contribution in [1.82, 2.24) is 0 Å². The van der Waals surface area contributed by atoms with Gasteiger partial charge in [-0.2, -0.15) is 0 Å². The molecule has 2 aliphatic rings. The second-order valence-corrected chi connectivity index (χ2v) is 3.39. The van der Waals surface area contributed by atoms with Crippen LogP contribution in [0, 0.1) is 0 Å². The Kier molecular flexibility index (Phi) is 2.05. The minimum Gasteiger partial charge on any atom is -0.348 e. The molecule has 66 valence electrons. The summed E-state index contributed by atoms with van der Waals surface area (Å²) in [6.07, 6.45) is 4.02. The average Bonchev–Trinajstić information content (AvgIpc) is 2.55. The van der Waals surface area contributed by atoms with Gasteiger partial charge in [0, 0.05) is 12.8 Å². The first-order valence-corrected chi connectivity index (χ1v) is 4.50. The van der Waals surface area contributed by atoms with E-state index in [1.54, 1.807) is 0 Å². The van der Waals surface area contributed by atoms with E-state index in [-0.39, 0.29) is 5.79 Å². The van der Waals surface area contributed by atoms with Crippen LogP contribution in [0.4, 0.5) is 0 Å². The van der Waals surface area contributed by atoms with E-state index in [2.05, 4.69) is 12.3 Å². The topological polar surface area (TPSA) is 18.5 Å². The van der Waals surface area contributed by atoms with Crippen molar-refractivity contribution in [2.45, 2.75) is 31.5 Å². The van der Waals surface area contributed by atoms with Gasteiger partial charge in [-0.15, -0.1) is 5.73 Å². The van der Waals surface area contributed by atoms with Gasteiger partial charge in [0.1, 0.15) is 0 Å². The highest BCUT2D eigenvalue weighted by Gasteiger charge is 2.38. The summed E-state index contributed by atoms with van der Waals surface area (Å²) in [4.78, 5) is 0. The van der Waals surface area contributed by atoms with E-state index in [9.17, 15) is 0 Å². The number of hydrogen-bond acceptors (Lipinski definition) is 2. The van der Waals surface area contributed by atoms with E-state index in [4.69, 9.17) is 9.47 Å². The van der Waals surface area contributed by atoms with Crippen molar-refractivity contribution in [2.24, 2.45) is 0 Å². The Morgan fingerprint density at radius 2 is 1.75 bits per heavy atom. The SMILES string of the molecule is C=C=C1CCC2(CC1)OCCO2. The first-order valence-electron chi connectivity index (χ1n) is 4.50. The van der Waals surface area contributed by atoms with Gasteiger partial charge in [0.15, 0.2) is 5.79 Å². The molecule has 0 unspecified atom stereocenters. The molecule has 0 bridgehead atoms. The molecule has 1 aliphatic heterocycles. The van der Waals surface area contributed by atoms with Gasteiger partial charge in [-0.3, -0.25) is 0 Å².